The summed E-state index contributed by atoms with van der Waals surface area (Å²) in [4.78, 5) is 12.3. The first kappa shape index (κ1) is 15.6. The summed E-state index contributed by atoms with van der Waals surface area (Å²) in [6, 6.07) is 4.74. The number of nitrogens with one attached hydrogen (secondary N) is 1. The summed E-state index contributed by atoms with van der Waals surface area (Å²) in [5.74, 6) is -0.611. The van der Waals surface area contributed by atoms with E-state index in [1.807, 2.05) is 0 Å². The van der Waals surface area contributed by atoms with Gasteiger partial charge >= 0.3 is 0 Å². The second-order valence-electron chi connectivity index (χ2n) is 5.66. The number of benzene rings is 1. The van der Waals surface area contributed by atoms with Crippen LogP contribution in [-0.4, -0.2) is 40.2 Å². The summed E-state index contributed by atoms with van der Waals surface area (Å²) in [6.07, 6.45) is 2.04. The zero-order valence-corrected chi connectivity index (χ0v) is 13.2. The van der Waals surface area contributed by atoms with Gasteiger partial charge in [0, 0.05) is 18.7 Å². The Bertz CT molecular complexity index is 723. The Morgan fingerprint density at radius 2 is 2.30 bits per heavy atom. The van der Waals surface area contributed by atoms with Crippen LogP contribution in [0.5, 0.6) is 0 Å². The third-order valence-corrected chi connectivity index (χ3v) is 4.09. The van der Waals surface area contributed by atoms with Gasteiger partial charge in [-0.1, -0.05) is 11.3 Å². The molecular formula is C16H19FN4O2. The lowest BCUT2D eigenvalue weighted by Crippen LogP contribution is -2.32. The number of carbonyl (C=O) groups is 1. The molecule has 0 aliphatic carbocycles. The smallest absolute Gasteiger partial charge is 0.273 e. The Hall–Kier alpha value is -2.28. The van der Waals surface area contributed by atoms with E-state index >= 15 is 0 Å². The highest BCUT2D eigenvalue weighted by Gasteiger charge is 2.21. The van der Waals surface area contributed by atoms with Gasteiger partial charge in [0.15, 0.2) is 5.69 Å². The number of halogens is 1. The van der Waals surface area contributed by atoms with Crippen LogP contribution >= 0.6 is 0 Å². The summed E-state index contributed by atoms with van der Waals surface area (Å²) < 4.78 is 20.7. The minimum Gasteiger partial charge on any atom is -0.376 e. The minimum absolute atomic E-state index is 0.0692. The van der Waals surface area contributed by atoms with Crippen molar-refractivity contribution in [3.05, 3.63) is 41.0 Å². The topological polar surface area (TPSA) is 69.0 Å². The van der Waals surface area contributed by atoms with Gasteiger partial charge in [0.2, 0.25) is 0 Å². The van der Waals surface area contributed by atoms with Crippen LogP contribution in [0.15, 0.2) is 18.2 Å². The van der Waals surface area contributed by atoms with E-state index in [9.17, 15) is 9.18 Å². The number of aromatic nitrogens is 3. The fraction of sp³-hybridized carbons (Fsp3) is 0.438. The van der Waals surface area contributed by atoms with E-state index < -0.39 is 0 Å². The monoisotopic (exact) mass is 318 g/mol. The van der Waals surface area contributed by atoms with Crippen molar-refractivity contribution in [1.82, 2.24) is 20.3 Å². The highest BCUT2D eigenvalue weighted by atomic mass is 19.1. The number of carbonyl (C=O) groups excluding carboxylic acids is 1. The van der Waals surface area contributed by atoms with Crippen molar-refractivity contribution in [2.75, 3.05) is 13.2 Å². The average Bonchev–Trinajstić information content (AvgIpc) is 3.18. The average molecular weight is 318 g/mol. The third-order valence-electron chi connectivity index (χ3n) is 4.09. The third kappa shape index (κ3) is 3.10. The maximum absolute atomic E-state index is 13.7. The van der Waals surface area contributed by atoms with Crippen molar-refractivity contribution in [1.29, 1.82) is 0 Å². The molecule has 0 bridgehead atoms. The lowest BCUT2D eigenvalue weighted by atomic mass is 10.2. The van der Waals surface area contributed by atoms with Crippen LogP contribution in [-0.2, 0) is 4.74 Å². The molecule has 0 spiro atoms. The first-order chi connectivity index (χ1) is 11.1. The van der Waals surface area contributed by atoms with Gasteiger partial charge in [-0.15, -0.1) is 5.10 Å². The highest BCUT2D eigenvalue weighted by Crippen LogP contribution is 2.19. The maximum Gasteiger partial charge on any atom is 0.273 e. The molecule has 1 saturated heterocycles. The quantitative estimate of drug-likeness (QED) is 0.935. The highest BCUT2D eigenvalue weighted by molar-refractivity contribution is 5.93. The van der Waals surface area contributed by atoms with Gasteiger partial charge in [-0.05, 0) is 38.8 Å². The van der Waals surface area contributed by atoms with Crippen molar-refractivity contribution in [2.45, 2.75) is 32.8 Å². The van der Waals surface area contributed by atoms with Crippen molar-refractivity contribution in [3.63, 3.8) is 0 Å². The zero-order valence-electron chi connectivity index (χ0n) is 13.2. The van der Waals surface area contributed by atoms with E-state index in [1.165, 1.54) is 10.7 Å². The number of hydrogen-bond donors (Lipinski definition) is 1. The molecule has 1 aliphatic heterocycles. The Morgan fingerprint density at radius 3 is 3.04 bits per heavy atom. The van der Waals surface area contributed by atoms with Gasteiger partial charge in [-0.2, -0.15) is 0 Å². The van der Waals surface area contributed by atoms with Crippen LogP contribution in [0.1, 0.15) is 34.6 Å². The Morgan fingerprint density at radius 1 is 1.48 bits per heavy atom. The van der Waals surface area contributed by atoms with Crippen LogP contribution < -0.4 is 5.32 Å². The predicted octanol–water partition coefficient (Wildman–Crippen LogP) is 1.93. The first-order valence-corrected chi connectivity index (χ1v) is 7.65. The molecule has 0 saturated carbocycles. The van der Waals surface area contributed by atoms with Crippen LogP contribution in [0.25, 0.3) is 5.69 Å². The summed E-state index contributed by atoms with van der Waals surface area (Å²) in [6.45, 7) is 4.62. The van der Waals surface area contributed by atoms with Crippen LogP contribution in [0.2, 0.25) is 0 Å². The van der Waals surface area contributed by atoms with Gasteiger partial charge in [-0.3, -0.25) is 4.79 Å². The molecule has 6 nitrogen and oxygen atoms in total. The van der Waals surface area contributed by atoms with E-state index in [2.05, 4.69) is 15.6 Å². The second kappa shape index (κ2) is 6.45. The molecule has 23 heavy (non-hydrogen) atoms. The second-order valence-corrected chi connectivity index (χ2v) is 5.66. The molecule has 1 aromatic heterocycles. The molecule has 1 fully saturated rings. The SMILES string of the molecule is Cc1c(F)cccc1-n1nnc(C(=O)NC[C@@H]2CCCO2)c1C. The Labute approximate surface area is 133 Å². The summed E-state index contributed by atoms with van der Waals surface area (Å²) in [7, 11) is 0. The lowest BCUT2D eigenvalue weighted by Gasteiger charge is -2.10. The number of hydrogen-bond acceptors (Lipinski definition) is 4. The molecule has 1 aliphatic rings. The number of rotatable bonds is 4. The van der Waals surface area contributed by atoms with E-state index in [4.69, 9.17) is 4.74 Å². The molecule has 1 amide bonds. The van der Waals surface area contributed by atoms with Gasteiger partial charge < -0.3 is 10.1 Å². The molecule has 2 heterocycles. The maximum atomic E-state index is 13.7. The molecule has 1 aromatic carbocycles. The molecule has 2 aromatic rings. The summed E-state index contributed by atoms with van der Waals surface area (Å²) >= 11 is 0. The van der Waals surface area contributed by atoms with E-state index in [-0.39, 0.29) is 23.5 Å². The fourth-order valence-electron chi connectivity index (χ4n) is 2.69. The van der Waals surface area contributed by atoms with Crippen molar-refractivity contribution in [3.8, 4) is 5.69 Å². The molecule has 0 unspecified atom stereocenters. The van der Waals surface area contributed by atoms with Crippen molar-refractivity contribution in [2.24, 2.45) is 0 Å². The number of ether oxygens (including phenoxy) is 1. The normalized spacial score (nSPS) is 17.4. The molecule has 7 heteroatoms. The minimum atomic E-state index is -0.318. The van der Waals surface area contributed by atoms with Crippen molar-refractivity contribution < 1.29 is 13.9 Å². The fourth-order valence-corrected chi connectivity index (χ4v) is 2.69. The summed E-state index contributed by atoms with van der Waals surface area (Å²) in [5.41, 5.74) is 1.86. The van der Waals surface area contributed by atoms with E-state index in [1.54, 1.807) is 26.0 Å². The van der Waals surface area contributed by atoms with Gasteiger partial charge in [0.05, 0.1) is 17.5 Å². The van der Waals surface area contributed by atoms with E-state index in [0.717, 1.165) is 19.4 Å². The summed E-state index contributed by atoms with van der Waals surface area (Å²) in [5, 5.41) is 10.8. The standard InChI is InChI=1S/C16H19FN4O2/c1-10-13(17)6-3-7-14(10)21-11(2)15(19-20-21)16(22)18-9-12-5-4-8-23-12/h3,6-7,12H,4-5,8-9H2,1-2H3,(H,18,22)/t12-/m0/s1. The van der Waals surface area contributed by atoms with Crippen LogP contribution in [0.4, 0.5) is 4.39 Å². The number of nitrogens with zero attached hydrogens (tertiary/aromatic N) is 3. The first-order valence-electron chi connectivity index (χ1n) is 7.65. The van der Waals surface area contributed by atoms with Gasteiger partial charge in [-0.25, -0.2) is 9.07 Å². The molecule has 122 valence electrons. The van der Waals surface area contributed by atoms with Crippen molar-refractivity contribution >= 4 is 5.91 Å². The molecule has 1 atom stereocenters. The van der Waals surface area contributed by atoms with Crippen LogP contribution in [0, 0.1) is 19.7 Å². The Balaban J connectivity index is 1.78. The lowest BCUT2D eigenvalue weighted by molar-refractivity contribution is 0.0853. The zero-order chi connectivity index (χ0) is 16.4. The van der Waals surface area contributed by atoms with Crippen LogP contribution in [0.3, 0.4) is 0 Å². The van der Waals surface area contributed by atoms with Gasteiger partial charge in [0.25, 0.3) is 5.91 Å². The predicted molar refractivity (Wildman–Crippen MR) is 82.1 cm³/mol. The Kier molecular flexibility index (Phi) is 4.38. The molecule has 3 rings (SSSR count). The van der Waals surface area contributed by atoms with E-state index in [0.29, 0.717) is 23.5 Å². The largest absolute Gasteiger partial charge is 0.376 e. The van der Waals surface area contributed by atoms with Gasteiger partial charge in [0.1, 0.15) is 5.82 Å². The molecule has 0 radical (unpaired) electrons. The molecule has 1 N–H and O–H groups in total. The number of amides is 1. The molecular weight excluding hydrogens is 299 g/mol.